The summed E-state index contributed by atoms with van der Waals surface area (Å²) in [4.78, 5) is 40.9. The van der Waals surface area contributed by atoms with Crippen LogP contribution in [0.4, 0.5) is 4.39 Å². The highest BCUT2D eigenvalue weighted by molar-refractivity contribution is 5.98. The molecule has 0 radical (unpaired) electrons. The third-order valence-electron chi connectivity index (χ3n) is 8.91. The van der Waals surface area contributed by atoms with Crippen molar-refractivity contribution in [2.75, 3.05) is 0 Å². The van der Waals surface area contributed by atoms with Gasteiger partial charge in [0.15, 0.2) is 5.78 Å². The van der Waals surface area contributed by atoms with Crippen molar-refractivity contribution in [3.8, 4) is 0 Å². The predicted molar refractivity (Wildman–Crippen MR) is 132 cm³/mol. The van der Waals surface area contributed by atoms with E-state index in [1.165, 1.54) is 12.5 Å². The molecule has 0 spiro atoms. The Bertz CT molecular complexity index is 968. The first-order chi connectivity index (χ1) is 16.8. The predicted octanol–water partition coefficient (Wildman–Crippen LogP) is 5.38. The first-order valence-electron chi connectivity index (χ1n) is 13.8. The van der Waals surface area contributed by atoms with Gasteiger partial charge in [-0.15, -0.1) is 0 Å². The highest BCUT2D eigenvalue weighted by atomic mass is 19.1. The molecule has 6 heteroatoms. The van der Waals surface area contributed by atoms with Crippen molar-refractivity contribution in [2.24, 2.45) is 17.8 Å². The Kier molecular flexibility index (Phi) is 7.00. The van der Waals surface area contributed by atoms with Crippen LogP contribution >= 0.6 is 0 Å². The van der Waals surface area contributed by atoms with Crippen LogP contribution in [0.25, 0.3) is 0 Å². The van der Waals surface area contributed by atoms with Crippen LogP contribution < -0.4 is 5.32 Å². The van der Waals surface area contributed by atoms with Gasteiger partial charge in [-0.25, -0.2) is 4.39 Å². The fourth-order valence-corrected chi connectivity index (χ4v) is 6.79. The molecule has 190 valence electrons. The standard InChI is InChI=1S/C29H39FN2O3/c1-17(2)27(33)26(18-6-4-3-5-7-18)31-28(34)24-13-10-20(16-25(24)30)21-14-22-11-12-23(15-21)32(22)29(35)19-8-9-19/h10,13,16-19,21-23,26H,3-9,11-12,14-15H2,1-2H3,(H,31,34). The quantitative estimate of drug-likeness (QED) is 0.568. The van der Waals surface area contributed by atoms with Gasteiger partial charge in [-0.2, -0.15) is 0 Å². The SMILES string of the molecule is CC(C)C(=O)C(NC(=O)c1ccc(C2CC3CCC(C2)N3C(=O)C2CC2)cc1F)C1CCCCC1. The molecular weight excluding hydrogens is 443 g/mol. The molecule has 2 saturated heterocycles. The van der Waals surface area contributed by atoms with Gasteiger partial charge in [0.2, 0.25) is 5.91 Å². The molecule has 35 heavy (non-hydrogen) atoms. The van der Waals surface area contributed by atoms with Crippen LogP contribution in [-0.4, -0.2) is 40.6 Å². The monoisotopic (exact) mass is 482 g/mol. The van der Waals surface area contributed by atoms with E-state index in [9.17, 15) is 14.4 Å². The van der Waals surface area contributed by atoms with Gasteiger partial charge in [0.1, 0.15) is 5.82 Å². The van der Waals surface area contributed by atoms with E-state index in [0.29, 0.717) is 5.91 Å². The molecule has 0 aromatic heterocycles. The summed E-state index contributed by atoms with van der Waals surface area (Å²) in [5, 5.41) is 2.91. The highest BCUT2D eigenvalue weighted by Crippen LogP contribution is 2.46. The number of fused-ring (bicyclic) bond motifs is 2. The lowest BCUT2D eigenvalue weighted by molar-refractivity contribution is -0.137. The molecule has 1 aromatic rings. The summed E-state index contributed by atoms with van der Waals surface area (Å²) >= 11 is 0. The number of hydrogen-bond donors (Lipinski definition) is 1. The topological polar surface area (TPSA) is 66.5 Å². The fourth-order valence-electron chi connectivity index (χ4n) is 6.79. The normalized spacial score (nSPS) is 27.7. The van der Waals surface area contributed by atoms with Crippen molar-refractivity contribution in [3.63, 3.8) is 0 Å². The van der Waals surface area contributed by atoms with Gasteiger partial charge in [0.05, 0.1) is 11.6 Å². The van der Waals surface area contributed by atoms with Crippen molar-refractivity contribution in [1.29, 1.82) is 0 Å². The molecular formula is C29H39FN2O3. The zero-order chi connectivity index (χ0) is 24.7. The summed E-state index contributed by atoms with van der Waals surface area (Å²) in [5.74, 6) is -0.258. The Morgan fingerprint density at radius 2 is 1.60 bits per heavy atom. The van der Waals surface area contributed by atoms with E-state index in [0.717, 1.165) is 69.8 Å². The van der Waals surface area contributed by atoms with E-state index in [-0.39, 0.29) is 47.1 Å². The lowest BCUT2D eigenvalue weighted by Crippen LogP contribution is -2.48. The van der Waals surface area contributed by atoms with Crippen LogP contribution in [0.5, 0.6) is 0 Å². The molecule has 1 aromatic carbocycles. The van der Waals surface area contributed by atoms with E-state index in [2.05, 4.69) is 10.2 Å². The lowest BCUT2D eigenvalue weighted by atomic mass is 9.80. The number of carbonyl (C=O) groups excluding carboxylic acids is 3. The third kappa shape index (κ3) is 5.03. The second kappa shape index (κ2) is 10.0. The minimum absolute atomic E-state index is 0.00966. The molecule has 4 aliphatic rings. The third-order valence-corrected chi connectivity index (χ3v) is 8.91. The van der Waals surface area contributed by atoms with Crippen molar-refractivity contribution in [3.05, 3.63) is 35.1 Å². The second-order valence-electron chi connectivity index (χ2n) is 11.7. The van der Waals surface area contributed by atoms with Gasteiger partial charge in [0, 0.05) is 23.9 Å². The number of rotatable bonds is 7. The number of hydrogen-bond acceptors (Lipinski definition) is 3. The zero-order valence-electron chi connectivity index (χ0n) is 21.1. The Morgan fingerprint density at radius 3 is 2.17 bits per heavy atom. The molecule has 2 amide bonds. The molecule has 2 aliphatic heterocycles. The number of ketones is 1. The number of halogens is 1. The molecule has 4 fully saturated rings. The van der Waals surface area contributed by atoms with Crippen molar-refractivity contribution < 1.29 is 18.8 Å². The highest BCUT2D eigenvalue weighted by Gasteiger charge is 2.47. The fraction of sp³-hybridized carbons (Fsp3) is 0.690. The summed E-state index contributed by atoms with van der Waals surface area (Å²) in [6.45, 7) is 3.71. The van der Waals surface area contributed by atoms with Gasteiger partial charge < -0.3 is 10.2 Å². The van der Waals surface area contributed by atoms with Crippen molar-refractivity contribution in [2.45, 2.75) is 109 Å². The van der Waals surface area contributed by atoms with Crippen molar-refractivity contribution >= 4 is 17.6 Å². The Hall–Kier alpha value is -2.24. The zero-order valence-corrected chi connectivity index (χ0v) is 21.1. The van der Waals surface area contributed by atoms with Crippen LogP contribution in [0.1, 0.15) is 106 Å². The van der Waals surface area contributed by atoms with Crippen LogP contribution in [-0.2, 0) is 9.59 Å². The van der Waals surface area contributed by atoms with E-state index in [4.69, 9.17) is 0 Å². The summed E-state index contributed by atoms with van der Waals surface area (Å²) in [6, 6.07) is 4.94. The summed E-state index contributed by atoms with van der Waals surface area (Å²) < 4.78 is 15.2. The largest absolute Gasteiger partial charge is 0.342 e. The smallest absolute Gasteiger partial charge is 0.254 e. The number of nitrogens with zero attached hydrogens (tertiary/aromatic N) is 1. The van der Waals surface area contributed by atoms with Gasteiger partial charge >= 0.3 is 0 Å². The molecule has 3 unspecified atom stereocenters. The molecule has 2 heterocycles. The minimum Gasteiger partial charge on any atom is -0.342 e. The molecule has 3 atom stereocenters. The number of piperidine rings is 1. The van der Waals surface area contributed by atoms with Crippen LogP contribution in [0.2, 0.25) is 0 Å². The Morgan fingerprint density at radius 1 is 0.943 bits per heavy atom. The molecule has 2 saturated carbocycles. The number of carbonyl (C=O) groups is 3. The first kappa shape index (κ1) is 24.5. The van der Waals surface area contributed by atoms with Crippen LogP contribution in [0.3, 0.4) is 0 Å². The van der Waals surface area contributed by atoms with Crippen molar-refractivity contribution in [1.82, 2.24) is 10.2 Å². The summed E-state index contributed by atoms with van der Waals surface area (Å²) in [6.07, 6.45) is 11.0. The number of Topliss-reactive ketones (excluding diaryl/α,β-unsaturated/α-hetero) is 1. The van der Waals surface area contributed by atoms with E-state index in [1.54, 1.807) is 6.07 Å². The average Bonchev–Trinajstić information content (AvgIpc) is 3.67. The van der Waals surface area contributed by atoms with E-state index in [1.807, 2.05) is 19.9 Å². The Labute approximate surface area is 208 Å². The molecule has 2 bridgehead atoms. The summed E-state index contributed by atoms with van der Waals surface area (Å²) in [5.41, 5.74) is 0.923. The first-order valence-corrected chi connectivity index (χ1v) is 13.8. The summed E-state index contributed by atoms with van der Waals surface area (Å²) in [7, 11) is 0. The number of amides is 2. The maximum atomic E-state index is 15.2. The van der Waals surface area contributed by atoms with E-state index >= 15 is 4.39 Å². The maximum absolute atomic E-state index is 15.2. The maximum Gasteiger partial charge on any atom is 0.254 e. The number of benzene rings is 1. The minimum atomic E-state index is -0.550. The lowest BCUT2D eigenvalue weighted by Gasteiger charge is -2.39. The van der Waals surface area contributed by atoms with E-state index < -0.39 is 17.8 Å². The Balaban J connectivity index is 1.27. The van der Waals surface area contributed by atoms with Crippen LogP contribution in [0, 0.1) is 23.6 Å². The van der Waals surface area contributed by atoms with Gasteiger partial charge in [-0.3, -0.25) is 14.4 Å². The van der Waals surface area contributed by atoms with Gasteiger partial charge in [0.25, 0.3) is 5.91 Å². The number of nitrogens with one attached hydrogen (secondary N) is 1. The molecule has 5 nitrogen and oxygen atoms in total. The average molecular weight is 483 g/mol. The van der Waals surface area contributed by atoms with Gasteiger partial charge in [-0.1, -0.05) is 39.2 Å². The molecule has 5 rings (SSSR count). The second-order valence-corrected chi connectivity index (χ2v) is 11.7. The van der Waals surface area contributed by atoms with Gasteiger partial charge in [-0.05, 0) is 80.9 Å². The van der Waals surface area contributed by atoms with Crippen LogP contribution in [0.15, 0.2) is 18.2 Å². The molecule has 1 N–H and O–H groups in total. The molecule has 2 aliphatic carbocycles.